The number of aryl methyl sites for hydroxylation is 2. The number of rotatable bonds is 8. The van der Waals surface area contributed by atoms with Crippen molar-refractivity contribution >= 4 is 5.82 Å². The molecule has 3 nitrogen and oxygen atoms in total. The smallest absolute Gasteiger partial charge is 0.133 e. The standard InChI is InChI=1S/C18H33N3/c1-8-14(4)12-21(7)18-17(11-19-10-13(2)3)15(5)9-16(6)20-18/h9,13-14,19H,8,10-12H2,1-7H3. The molecule has 0 radical (unpaired) electrons. The average molecular weight is 291 g/mol. The highest BCUT2D eigenvalue weighted by Crippen LogP contribution is 2.23. The minimum Gasteiger partial charge on any atom is -0.359 e. The lowest BCUT2D eigenvalue weighted by Gasteiger charge is -2.26. The summed E-state index contributed by atoms with van der Waals surface area (Å²) >= 11 is 0. The third-order valence-electron chi connectivity index (χ3n) is 3.95. The van der Waals surface area contributed by atoms with Crippen molar-refractivity contribution in [2.45, 2.75) is 54.5 Å². The van der Waals surface area contributed by atoms with Crippen molar-refractivity contribution in [2.24, 2.45) is 11.8 Å². The van der Waals surface area contributed by atoms with Crippen LogP contribution in [0.2, 0.25) is 0 Å². The van der Waals surface area contributed by atoms with Gasteiger partial charge in [0.2, 0.25) is 0 Å². The Morgan fingerprint density at radius 3 is 2.48 bits per heavy atom. The molecule has 0 aromatic carbocycles. The lowest BCUT2D eigenvalue weighted by atomic mass is 10.1. The van der Waals surface area contributed by atoms with Gasteiger partial charge >= 0.3 is 0 Å². The second kappa shape index (κ2) is 8.38. The molecule has 0 aliphatic heterocycles. The summed E-state index contributed by atoms with van der Waals surface area (Å²) in [6.07, 6.45) is 1.20. The Kier molecular flexibility index (Phi) is 7.16. The normalized spacial score (nSPS) is 12.8. The zero-order chi connectivity index (χ0) is 16.0. The van der Waals surface area contributed by atoms with Gasteiger partial charge in [-0.05, 0) is 43.9 Å². The van der Waals surface area contributed by atoms with Crippen LogP contribution in [0.25, 0.3) is 0 Å². The quantitative estimate of drug-likeness (QED) is 0.786. The van der Waals surface area contributed by atoms with E-state index in [1.54, 1.807) is 0 Å². The van der Waals surface area contributed by atoms with Crippen LogP contribution in [0.4, 0.5) is 5.82 Å². The molecule has 21 heavy (non-hydrogen) atoms. The number of pyridine rings is 1. The first-order valence-electron chi connectivity index (χ1n) is 8.24. The Morgan fingerprint density at radius 2 is 1.90 bits per heavy atom. The molecule has 0 saturated heterocycles. The second-order valence-corrected chi connectivity index (χ2v) is 6.80. The van der Waals surface area contributed by atoms with Crippen molar-refractivity contribution in [3.63, 3.8) is 0 Å². The topological polar surface area (TPSA) is 28.2 Å². The molecule has 0 aliphatic rings. The first-order chi connectivity index (χ1) is 9.85. The van der Waals surface area contributed by atoms with E-state index in [4.69, 9.17) is 4.98 Å². The van der Waals surface area contributed by atoms with Crippen LogP contribution in [0, 0.1) is 25.7 Å². The van der Waals surface area contributed by atoms with Crippen LogP contribution in [0.1, 0.15) is 50.9 Å². The van der Waals surface area contributed by atoms with Crippen LogP contribution in [0.3, 0.4) is 0 Å². The van der Waals surface area contributed by atoms with E-state index in [0.717, 1.165) is 31.1 Å². The summed E-state index contributed by atoms with van der Waals surface area (Å²) in [4.78, 5) is 7.12. The molecule has 0 saturated carbocycles. The number of anilines is 1. The van der Waals surface area contributed by atoms with E-state index in [1.165, 1.54) is 17.5 Å². The molecule has 1 atom stereocenters. The summed E-state index contributed by atoms with van der Waals surface area (Å²) in [5.41, 5.74) is 3.78. The zero-order valence-corrected chi connectivity index (χ0v) is 15.0. The summed E-state index contributed by atoms with van der Waals surface area (Å²) in [5, 5.41) is 3.56. The van der Waals surface area contributed by atoms with Gasteiger partial charge < -0.3 is 10.2 Å². The highest BCUT2D eigenvalue weighted by Gasteiger charge is 2.14. The lowest BCUT2D eigenvalue weighted by Crippen LogP contribution is -2.28. The largest absolute Gasteiger partial charge is 0.359 e. The van der Waals surface area contributed by atoms with Crippen LogP contribution in [-0.2, 0) is 6.54 Å². The molecule has 0 spiro atoms. The Morgan fingerprint density at radius 1 is 1.24 bits per heavy atom. The summed E-state index contributed by atoms with van der Waals surface area (Å²) in [5.74, 6) is 2.50. The molecule has 1 N–H and O–H groups in total. The van der Waals surface area contributed by atoms with Crippen molar-refractivity contribution in [1.29, 1.82) is 0 Å². The Labute approximate surface area is 131 Å². The maximum atomic E-state index is 4.80. The molecule has 1 unspecified atom stereocenters. The maximum absolute atomic E-state index is 4.80. The van der Waals surface area contributed by atoms with Gasteiger partial charge in [-0.3, -0.25) is 0 Å². The minimum absolute atomic E-state index is 0.671. The van der Waals surface area contributed by atoms with Gasteiger partial charge in [-0.1, -0.05) is 34.1 Å². The van der Waals surface area contributed by atoms with Crippen LogP contribution >= 0.6 is 0 Å². The number of hydrogen-bond acceptors (Lipinski definition) is 3. The van der Waals surface area contributed by atoms with Crippen LogP contribution < -0.4 is 10.2 Å². The predicted octanol–water partition coefficient (Wildman–Crippen LogP) is 3.93. The van der Waals surface area contributed by atoms with Gasteiger partial charge in [-0.25, -0.2) is 4.98 Å². The fraction of sp³-hybridized carbons (Fsp3) is 0.722. The molecule has 0 bridgehead atoms. The van der Waals surface area contributed by atoms with Gasteiger partial charge in [0.05, 0.1) is 0 Å². The fourth-order valence-corrected chi connectivity index (χ4v) is 2.55. The van der Waals surface area contributed by atoms with Crippen molar-refractivity contribution in [3.05, 3.63) is 22.9 Å². The molecule has 0 fully saturated rings. The number of nitrogens with zero attached hydrogens (tertiary/aromatic N) is 2. The number of hydrogen-bond donors (Lipinski definition) is 1. The highest BCUT2D eigenvalue weighted by atomic mass is 15.2. The van der Waals surface area contributed by atoms with Crippen molar-refractivity contribution in [2.75, 3.05) is 25.0 Å². The van der Waals surface area contributed by atoms with E-state index in [-0.39, 0.29) is 0 Å². The van der Waals surface area contributed by atoms with Crippen LogP contribution in [-0.4, -0.2) is 25.1 Å². The first kappa shape index (κ1) is 18.0. The molecule has 1 aromatic rings. The van der Waals surface area contributed by atoms with Crippen LogP contribution in [0.15, 0.2) is 6.07 Å². The number of aromatic nitrogens is 1. The summed E-state index contributed by atoms with van der Waals surface area (Å²) in [6.45, 7) is 16.3. The predicted molar refractivity (Wildman–Crippen MR) is 93.0 cm³/mol. The molecule has 1 rings (SSSR count). The van der Waals surface area contributed by atoms with E-state index in [1.807, 2.05) is 0 Å². The van der Waals surface area contributed by atoms with Gasteiger partial charge in [-0.15, -0.1) is 0 Å². The number of nitrogens with one attached hydrogen (secondary N) is 1. The van der Waals surface area contributed by atoms with E-state index >= 15 is 0 Å². The average Bonchev–Trinajstić information content (AvgIpc) is 2.40. The van der Waals surface area contributed by atoms with Gasteiger partial charge in [-0.2, -0.15) is 0 Å². The molecule has 1 aromatic heterocycles. The van der Waals surface area contributed by atoms with E-state index in [0.29, 0.717) is 11.8 Å². The SMILES string of the molecule is CCC(C)CN(C)c1nc(C)cc(C)c1CNCC(C)C. The highest BCUT2D eigenvalue weighted by molar-refractivity contribution is 5.51. The monoisotopic (exact) mass is 291 g/mol. The second-order valence-electron chi connectivity index (χ2n) is 6.80. The molecule has 3 heteroatoms. The Bertz CT molecular complexity index is 440. The van der Waals surface area contributed by atoms with E-state index in [9.17, 15) is 0 Å². The van der Waals surface area contributed by atoms with E-state index < -0.39 is 0 Å². The molecule has 120 valence electrons. The fourth-order valence-electron chi connectivity index (χ4n) is 2.55. The molecular formula is C18H33N3. The van der Waals surface area contributed by atoms with Gasteiger partial charge in [0, 0.05) is 31.4 Å². The maximum Gasteiger partial charge on any atom is 0.133 e. The summed E-state index contributed by atoms with van der Waals surface area (Å²) < 4.78 is 0. The van der Waals surface area contributed by atoms with Gasteiger partial charge in [0.15, 0.2) is 0 Å². The third-order valence-corrected chi connectivity index (χ3v) is 3.95. The molecular weight excluding hydrogens is 258 g/mol. The Hall–Kier alpha value is -1.09. The van der Waals surface area contributed by atoms with Gasteiger partial charge in [0.1, 0.15) is 5.82 Å². The molecule has 0 amide bonds. The Balaban J connectivity index is 2.94. The van der Waals surface area contributed by atoms with Crippen LogP contribution in [0.5, 0.6) is 0 Å². The molecule has 0 aliphatic carbocycles. The van der Waals surface area contributed by atoms with Crippen molar-refractivity contribution in [3.8, 4) is 0 Å². The summed E-state index contributed by atoms with van der Waals surface area (Å²) in [6, 6.07) is 2.19. The van der Waals surface area contributed by atoms with Crippen molar-refractivity contribution in [1.82, 2.24) is 10.3 Å². The van der Waals surface area contributed by atoms with Gasteiger partial charge in [0.25, 0.3) is 0 Å². The zero-order valence-electron chi connectivity index (χ0n) is 15.0. The third kappa shape index (κ3) is 5.66. The van der Waals surface area contributed by atoms with Crippen molar-refractivity contribution < 1.29 is 0 Å². The molecule has 1 heterocycles. The van der Waals surface area contributed by atoms with E-state index in [2.05, 4.69) is 64.9 Å². The summed E-state index contributed by atoms with van der Waals surface area (Å²) in [7, 11) is 2.17. The first-order valence-corrected chi connectivity index (χ1v) is 8.24. The minimum atomic E-state index is 0.671. The lowest BCUT2D eigenvalue weighted by molar-refractivity contribution is 0.543.